The molecule has 1 amide bonds. The molecule has 2 rings (SSSR count). The zero-order valence-electron chi connectivity index (χ0n) is 12.8. The van der Waals surface area contributed by atoms with Crippen LogP contribution in [0.25, 0.3) is 0 Å². The van der Waals surface area contributed by atoms with Crippen molar-refractivity contribution in [2.24, 2.45) is 11.0 Å². The number of hydrogen-bond acceptors (Lipinski definition) is 3. The van der Waals surface area contributed by atoms with Gasteiger partial charge in [-0.25, -0.2) is 5.43 Å². The third-order valence-electron chi connectivity index (χ3n) is 2.90. The number of carbonyl (C=O) groups excluding carboxylic acids is 1. The van der Waals surface area contributed by atoms with Crippen molar-refractivity contribution >= 4 is 12.1 Å². The van der Waals surface area contributed by atoms with Crippen LogP contribution < -0.4 is 10.2 Å². The molecule has 114 valence electrons. The summed E-state index contributed by atoms with van der Waals surface area (Å²) in [4.78, 5) is 11.9. The maximum atomic E-state index is 11.9. The SMILES string of the molecule is CC(C)/C=N/NC(=O)c1ccc(OCc2ccccc2)cc1. The molecule has 0 atom stereocenters. The average Bonchev–Trinajstić information content (AvgIpc) is 2.54. The second-order valence-electron chi connectivity index (χ2n) is 5.26. The number of nitrogens with one attached hydrogen (secondary N) is 1. The second kappa shape index (κ2) is 7.98. The lowest BCUT2D eigenvalue weighted by Crippen LogP contribution is -2.17. The molecule has 0 aliphatic carbocycles. The highest BCUT2D eigenvalue weighted by Gasteiger charge is 2.04. The van der Waals surface area contributed by atoms with E-state index in [1.54, 1.807) is 30.5 Å². The van der Waals surface area contributed by atoms with Crippen molar-refractivity contribution in [3.8, 4) is 5.75 Å². The van der Waals surface area contributed by atoms with Crippen LogP contribution in [0.4, 0.5) is 0 Å². The molecular weight excluding hydrogens is 276 g/mol. The maximum Gasteiger partial charge on any atom is 0.271 e. The van der Waals surface area contributed by atoms with Gasteiger partial charge in [0.25, 0.3) is 5.91 Å². The number of carbonyl (C=O) groups is 1. The fourth-order valence-corrected chi connectivity index (χ4v) is 1.75. The van der Waals surface area contributed by atoms with Crippen LogP contribution in [0.15, 0.2) is 59.7 Å². The molecular formula is C18H20N2O2. The van der Waals surface area contributed by atoms with Crippen molar-refractivity contribution in [3.63, 3.8) is 0 Å². The Hall–Kier alpha value is -2.62. The van der Waals surface area contributed by atoms with Crippen molar-refractivity contribution in [1.82, 2.24) is 5.43 Å². The fraction of sp³-hybridized carbons (Fsp3) is 0.222. The highest BCUT2D eigenvalue weighted by atomic mass is 16.5. The first-order valence-electron chi connectivity index (χ1n) is 7.25. The van der Waals surface area contributed by atoms with Gasteiger partial charge in [0.05, 0.1) is 0 Å². The van der Waals surface area contributed by atoms with Crippen molar-refractivity contribution < 1.29 is 9.53 Å². The predicted octanol–water partition coefficient (Wildman–Crippen LogP) is 3.64. The first-order chi connectivity index (χ1) is 10.6. The van der Waals surface area contributed by atoms with E-state index in [1.165, 1.54) is 0 Å². The Morgan fingerprint density at radius 1 is 1.14 bits per heavy atom. The van der Waals surface area contributed by atoms with E-state index in [0.717, 1.165) is 11.3 Å². The molecule has 2 aromatic carbocycles. The molecule has 0 bridgehead atoms. The minimum atomic E-state index is -0.230. The molecule has 1 N–H and O–H groups in total. The number of rotatable bonds is 6. The highest BCUT2D eigenvalue weighted by molar-refractivity contribution is 5.94. The normalized spacial score (nSPS) is 10.9. The minimum absolute atomic E-state index is 0.230. The molecule has 0 aromatic heterocycles. The lowest BCUT2D eigenvalue weighted by atomic mass is 10.2. The smallest absolute Gasteiger partial charge is 0.271 e. The van der Waals surface area contributed by atoms with Gasteiger partial charge in [0.15, 0.2) is 0 Å². The zero-order chi connectivity index (χ0) is 15.8. The number of hydrazone groups is 1. The van der Waals surface area contributed by atoms with Gasteiger partial charge in [-0.15, -0.1) is 0 Å². The molecule has 22 heavy (non-hydrogen) atoms. The van der Waals surface area contributed by atoms with Gasteiger partial charge in [0, 0.05) is 11.8 Å². The van der Waals surface area contributed by atoms with Crippen LogP contribution in [-0.4, -0.2) is 12.1 Å². The molecule has 0 spiro atoms. The van der Waals surface area contributed by atoms with E-state index in [1.807, 2.05) is 44.2 Å². The van der Waals surface area contributed by atoms with Gasteiger partial charge in [0.2, 0.25) is 0 Å². The third kappa shape index (κ3) is 5.05. The van der Waals surface area contributed by atoms with Gasteiger partial charge in [-0.1, -0.05) is 44.2 Å². The van der Waals surface area contributed by atoms with Crippen LogP contribution in [0.1, 0.15) is 29.8 Å². The van der Waals surface area contributed by atoms with Crippen LogP contribution in [0, 0.1) is 5.92 Å². The van der Waals surface area contributed by atoms with E-state index in [4.69, 9.17) is 4.74 Å². The molecule has 4 nitrogen and oxygen atoms in total. The van der Waals surface area contributed by atoms with Gasteiger partial charge >= 0.3 is 0 Å². The summed E-state index contributed by atoms with van der Waals surface area (Å²) in [7, 11) is 0. The first kappa shape index (κ1) is 15.8. The van der Waals surface area contributed by atoms with E-state index in [0.29, 0.717) is 18.1 Å². The largest absolute Gasteiger partial charge is 0.489 e. The molecule has 0 saturated heterocycles. The standard InChI is InChI=1S/C18H20N2O2/c1-14(2)12-19-20-18(21)16-8-10-17(11-9-16)22-13-15-6-4-3-5-7-15/h3-12,14H,13H2,1-2H3,(H,20,21)/b19-12+. The van der Waals surface area contributed by atoms with Crippen LogP contribution >= 0.6 is 0 Å². The molecule has 0 radical (unpaired) electrons. The van der Waals surface area contributed by atoms with Gasteiger partial charge in [-0.3, -0.25) is 4.79 Å². The first-order valence-corrected chi connectivity index (χ1v) is 7.25. The van der Waals surface area contributed by atoms with E-state index in [-0.39, 0.29) is 5.91 Å². The Bertz CT molecular complexity index is 619. The highest BCUT2D eigenvalue weighted by Crippen LogP contribution is 2.14. The van der Waals surface area contributed by atoms with E-state index < -0.39 is 0 Å². The number of hydrogen-bond donors (Lipinski definition) is 1. The van der Waals surface area contributed by atoms with Crippen LogP contribution in [0.2, 0.25) is 0 Å². The second-order valence-corrected chi connectivity index (χ2v) is 5.26. The van der Waals surface area contributed by atoms with Gasteiger partial charge in [0.1, 0.15) is 12.4 Å². The molecule has 2 aromatic rings. The minimum Gasteiger partial charge on any atom is -0.489 e. The summed E-state index contributed by atoms with van der Waals surface area (Å²) in [5.41, 5.74) is 4.15. The topological polar surface area (TPSA) is 50.7 Å². The molecule has 0 aliphatic rings. The van der Waals surface area contributed by atoms with E-state index in [9.17, 15) is 4.79 Å². The predicted molar refractivity (Wildman–Crippen MR) is 88.0 cm³/mol. The van der Waals surface area contributed by atoms with E-state index >= 15 is 0 Å². The summed E-state index contributed by atoms with van der Waals surface area (Å²) in [6, 6.07) is 16.9. The monoisotopic (exact) mass is 296 g/mol. The molecule has 0 saturated carbocycles. The third-order valence-corrected chi connectivity index (χ3v) is 2.90. The Morgan fingerprint density at radius 2 is 1.82 bits per heavy atom. The Balaban J connectivity index is 1.88. The molecule has 0 aliphatic heterocycles. The van der Waals surface area contributed by atoms with Crippen molar-refractivity contribution in [1.29, 1.82) is 0 Å². The molecule has 0 heterocycles. The quantitative estimate of drug-likeness (QED) is 0.653. The van der Waals surface area contributed by atoms with Crippen molar-refractivity contribution in [2.45, 2.75) is 20.5 Å². The van der Waals surface area contributed by atoms with Crippen molar-refractivity contribution in [2.75, 3.05) is 0 Å². The number of amides is 1. The molecule has 0 fully saturated rings. The Morgan fingerprint density at radius 3 is 2.45 bits per heavy atom. The van der Waals surface area contributed by atoms with Gasteiger partial charge < -0.3 is 4.74 Å². The molecule has 4 heteroatoms. The van der Waals surface area contributed by atoms with Crippen LogP contribution in [-0.2, 0) is 6.61 Å². The average molecular weight is 296 g/mol. The van der Waals surface area contributed by atoms with Crippen LogP contribution in [0.5, 0.6) is 5.75 Å². The summed E-state index contributed by atoms with van der Waals surface area (Å²) in [6.07, 6.45) is 1.69. The summed E-state index contributed by atoms with van der Waals surface area (Å²) < 4.78 is 5.68. The summed E-state index contributed by atoms with van der Waals surface area (Å²) in [6.45, 7) is 4.49. The Kier molecular flexibility index (Phi) is 5.72. The summed E-state index contributed by atoms with van der Waals surface area (Å²) >= 11 is 0. The summed E-state index contributed by atoms with van der Waals surface area (Å²) in [5, 5.41) is 3.89. The Labute approximate surface area is 130 Å². The molecule has 0 unspecified atom stereocenters. The van der Waals surface area contributed by atoms with Crippen LogP contribution in [0.3, 0.4) is 0 Å². The number of benzene rings is 2. The number of ether oxygens (including phenoxy) is 1. The summed E-state index contributed by atoms with van der Waals surface area (Å²) in [5.74, 6) is 0.798. The zero-order valence-corrected chi connectivity index (χ0v) is 12.8. The van der Waals surface area contributed by atoms with E-state index in [2.05, 4.69) is 10.5 Å². The van der Waals surface area contributed by atoms with Gasteiger partial charge in [-0.2, -0.15) is 5.10 Å². The van der Waals surface area contributed by atoms with Gasteiger partial charge in [-0.05, 0) is 35.7 Å². The van der Waals surface area contributed by atoms with Crippen molar-refractivity contribution in [3.05, 3.63) is 65.7 Å². The number of nitrogens with zero attached hydrogens (tertiary/aromatic N) is 1. The lowest BCUT2D eigenvalue weighted by Gasteiger charge is -2.07. The lowest BCUT2D eigenvalue weighted by molar-refractivity contribution is 0.0955. The fourth-order valence-electron chi connectivity index (χ4n) is 1.75. The maximum absolute atomic E-state index is 11.9.